The van der Waals surface area contributed by atoms with Crippen LogP contribution in [0.4, 0.5) is 0 Å². The molecule has 0 aliphatic rings. The third kappa shape index (κ3) is 2.10. The molecule has 1 aromatic carbocycles. The number of aromatic nitrogens is 2. The first-order valence-electron chi connectivity index (χ1n) is 5.22. The number of alkyl halides is 1. The Balaban J connectivity index is 2.14. The Kier molecular flexibility index (Phi) is 2.91. The van der Waals surface area contributed by atoms with Crippen molar-refractivity contribution in [3.8, 4) is 10.6 Å². The van der Waals surface area contributed by atoms with Crippen molar-refractivity contribution >= 4 is 37.5 Å². The molecule has 2 heterocycles. The molecule has 0 bridgehead atoms. The van der Waals surface area contributed by atoms with Crippen LogP contribution in [0.25, 0.3) is 20.8 Å². The standard InChI is InChI=1S/C13H9BrN2S/c14-7-9-3-4-11-12(6-9)17-13(16-11)10-2-1-5-15-8-10/h1-6,8H,7H2. The van der Waals surface area contributed by atoms with E-state index in [2.05, 4.69) is 44.1 Å². The predicted molar refractivity (Wildman–Crippen MR) is 75.5 cm³/mol. The molecule has 0 aliphatic heterocycles. The van der Waals surface area contributed by atoms with Crippen LogP contribution in [-0.4, -0.2) is 9.97 Å². The zero-order valence-corrected chi connectivity index (χ0v) is 11.3. The van der Waals surface area contributed by atoms with Crippen LogP contribution in [0.5, 0.6) is 0 Å². The van der Waals surface area contributed by atoms with Gasteiger partial charge in [0, 0.05) is 23.3 Å². The van der Waals surface area contributed by atoms with Crippen LogP contribution in [0.15, 0.2) is 42.7 Å². The smallest absolute Gasteiger partial charge is 0.126 e. The van der Waals surface area contributed by atoms with E-state index in [1.165, 1.54) is 10.3 Å². The third-order valence-corrected chi connectivity index (χ3v) is 4.23. The maximum absolute atomic E-state index is 4.62. The van der Waals surface area contributed by atoms with E-state index in [4.69, 9.17) is 0 Å². The van der Waals surface area contributed by atoms with Crippen molar-refractivity contribution in [2.75, 3.05) is 0 Å². The van der Waals surface area contributed by atoms with Crippen LogP contribution >= 0.6 is 27.3 Å². The van der Waals surface area contributed by atoms with Crippen LogP contribution in [0.2, 0.25) is 0 Å². The SMILES string of the molecule is BrCc1ccc2nc(-c3cccnc3)sc2c1. The molecule has 4 heteroatoms. The molecule has 0 saturated carbocycles. The van der Waals surface area contributed by atoms with Crippen LogP contribution < -0.4 is 0 Å². The molecular formula is C13H9BrN2S. The molecule has 17 heavy (non-hydrogen) atoms. The molecule has 0 amide bonds. The molecule has 0 spiro atoms. The highest BCUT2D eigenvalue weighted by Gasteiger charge is 2.06. The minimum absolute atomic E-state index is 0.878. The summed E-state index contributed by atoms with van der Waals surface area (Å²) in [6.45, 7) is 0. The second-order valence-corrected chi connectivity index (χ2v) is 5.29. The Morgan fingerprint density at radius 3 is 2.94 bits per heavy atom. The normalized spacial score (nSPS) is 10.9. The lowest BCUT2D eigenvalue weighted by Crippen LogP contribution is -1.77. The Labute approximate surface area is 111 Å². The Morgan fingerprint density at radius 2 is 2.18 bits per heavy atom. The Bertz CT molecular complexity index is 649. The Morgan fingerprint density at radius 1 is 1.24 bits per heavy atom. The highest BCUT2D eigenvalue weighted by molar-refractivity contribution is 9.08. The number of hydrogen-bond donors (Lipinski definition) is 0. The lowest BCUT2D eigenvalue weighted by molar-refractivity contribution is 1.32. The average Bonchev–Trinajstić information content (AvgIpc) is 2.82. The maximum Gasteiger partial charge on any atom is 0.126 e. The second kappa shape index (κ2) is 4.55. The highest BCUT2D eigenvalue weighted by atomic mass is 79.9. The van der Waals surface area contributed by atoms with Gasteiger partial charge in [0.15, 0.2) is 0 Å². The summed E-state index contributed by atoms with van der Waals surface area (Å²) in [5.41, 5.74) is 3.41. The van der Waals surface area contributed by atoms with Crippen LogP contribution in [0.1, 0.15) is 5.56 Å². The average molecular weight is 305 g/mol. The van der Waals surface area contributed by atoms with Crippen molar-refractivity contribution in [3.63, 3.8) is 0 Å². The second-order valence-electron chi connectivity index (χ2n) is 3.70. The van der Waals surface area contributed by atoms with E-state index in [-0.39, 0.29) is 0 Å². The highest BCUT2D eigenvalue weighted by Crippen LogP contribution is 2.30. The van der Waals surface area contributed by atoms with Gasteiger partial charge in [-0.3, -0.25) is 4.98 Å². The lowest BCUT2D eigenvalue weighted by atomic mass is 10.2. The van der Waals surface area contributed by atoms with Crippen LogP contribution in [-0.2, 0) is 5.33 Å². The minimum atomic E-state index is 0.878. The maximum atomic E-state index is 4.62. The van der Waals surface area contributed by atoms with Gasteiger partial charge in [0.1, 0.15) is 5.01 Å². The zero-order chi connectivity index (χ0) is 11.7. The molecule has 2 aromatic heterocycles. The molecule has 0 aliphatic carbocycles. The fraction of sp³-hybridized carbons (Fsp3) is 0.0769. The first-order chi connectivity index (χ1) is 8.36. The van der Waals surface area contributed by atoms with Crippen molar-refractivity contribution in [3.05, 3.63) is 48.3 Å². The summed E-state index contributed by atoms with van der Waals surface area (Å²) in [6, 6.07) is 10.3. The number of benzene rings is 1. The molecule has 0 saturated heterocycles. The quantitative estimate of drug-likeness (QED) is 0.661. The molecule has 0 unspecified atom stereocenters. The first-order valence-corrected chi connectivity index (χ1v) is 7.16. The molecule has 0 atom stereocenters. The van der Waals surface area contributed by atoms with Crippen LogP contribution in [0, 0.1) is 0 Å². The molecule has 3 rings (SSSR count). The molecule has 0 radical (unpaired) electrons. The van der Waals surface area contributed by atoms with Gasteiger partial charge in [-0.25, -0.2) is 4.98 Å². The number of rotatable bonds is 2. The number of fused-ring (bicyclic) bond motifs is 1. The van der Waals surface area contributed by atoms with Gasteiger partial charge in [-0.15, -0.1) is 11.3 Å². The van der Waals surface area contributed by atoms with Gasteiger partial charge in [-0.1, -0.05) is 22.0 Å². The molecule has 84 valence electrons. The van der Waals surface area contributed by atoms with Crippen LogP contribution in [0.3, 0.4) is 0 Å². The van der Waals surface area contributed by atoms with Crippen molar-refractivity contribution in [2.24, 2.45) is 0 Å². The molecule has 0 N–H and O–H groups in total. The first kappa shape index (κ1) is 10.9. The molecule has 3 aromatic rings. The van der Waals surface area contributed by atoms with Gasteiger partial charge in [0.2, 0.25) is 0 Å². The van der Waals surface area contributed by atoms with Crippen molar-refractivity contribution < 1.29 is 0 Å². The fourth-order valence-electron chi connectivity index (χ4n) is 1.66. The summed E-state index contributed by atoms with van der Waals surface area (Å²) in [5.74, 6) is 0. The topological polar surface area (TPSA) is 25.8 Å². The van der Waals surface area contributed by atoms with Gasteiger partial charge in [-0.2, -0.15) is 0 Å². The van der Waals surface area contributed by atoms with E-state index in [9.17, 15) is 0 Å². The van der Waals surface area contributed by atoms with E-state index in [1.807, 2.05) is 18.3 Å². The van der Waals surface area contributed by atoms with Gasteiger partial charge in [-0.05, 0) is 29.8 Å². The monoisotopic (exact) mass is 304 g/mol. The number of hydrogen-bond acceptors (Lipinski definition) is 3. The molecule has 2 nitrogen and oxygen atoms in total. The summed E-state index contributed by atoms with van der Waals surface area (Å²) < 4.78 is 1.22. The summed E-state index contributed by atoms with van der Waals surface area (Å²) in [5, 5.41) is 1.91. The Hall–Kier alpha value is -1.26. The summed E-state index contributed by atoms with van der Waals surface area (Å²) in [6.07, 6.45) is 3.63. The summed E-state index contributed by atoms with van der Waals surface area (Å²) in [7, 11) is 0. The molecule has 0 fully saturated rings. The van der Waals surface area contributed by atoms with Crippen molar-refractivity contribution in [1.82, 2.24) is 9.97 Å². The number of thiazole rings is 1. The van der Waals surface area contributed by atoms with Gasteiger partial charge >= 0.3 is 0 Å². The molecular weight excluding hydrogens is 296 g/mol. The van der Waals surface area contributed by atoms with E-state index >= 15 is 0 Å². The fourth-order valence-corrected chi connectivity index (χ4v) is 3.03. The largest absolute Gasteiger partial charge is 0.264 e. The number of pyridine rings is 1. The van der Waals surface area contributed by atoms with Crippen molar-refractivity contribution in [2.45, 2.75) is 5.33 Å². The van der Waals surface area contributed by atoms with E-state index in [0.717, 1.165) is 21.4 Å². The zero-order valence-electron chi connectivity index (χ0n) is 8.93. The van der Waals surface area contributed by atoms with E-state index < -0.39 is 0 Å². The third-order valence-electron chi connectivity index (χ3n) is 2.52. The predicted octanol–water partition coefficient (Wildman–Crippen LogP) is 4.25. The van der Waals surface area contributed by atoms with Crippen molar-refractivity contribution in [1.29, 1.82) is 0 Å². The minimum Gasteiger partial charge on any atom is -0.264 e. The number of nitrogens with zero attached hydrogens (tertiary/aromatic N) is 2. The van der Waals surface area contributed by atoms with Gasteiger partial charge < -0.3 is 0 Å². The summed E-state index contributed by atoms with van der Waals surface area (Å²) in [4.78, 5) is 8.75. The van der Waals surface area contributed by atoms with Gasteiger partial charge in [0.05, 0.1) is 10.2 Å². The number of halogens is 1. The summed E-state index contributed by atoms with van der Waals surface area (Å²) >= 11 is 5.18. The van der Waals surface area contributed by atoms with E-state index in [1.54, 1.807) is 17.5 Å². The van der Waals surface area contributed by atoms with E-state index in [0.29, 0.717) is 0 Å². The van der Waals surface area contributed by atoms with Gasteiger partial charge in [0.25, 0.3) is 0 Å². The lowest BCUT2D eigenvalue weighted by Gasteiger charge is -1.92.